The second-order valence-corrected chi connectivity index (χ2v) is 8.11. The molecule has 1 fully saturated rings. The molecule has 0 bridgehead atoms. The lowest BCUT2D eigenvalue weighted by Crippen LogP contribution is -2.49. The first-order valence-corrected chi connectivity index (χ1v) is 11.1. The second kappa shape index (κ2) is 9.01. The summed E-state index contributed by atoms with van der Waals surface area (Å²) in [6.45, 7) is 7.84. The predicted molar refractivity (Wildman–Crippen MR) is 128 cm³/mol. The number of nitrogens with zero attached hydrogens (tertiary/aromatic N) is 7. The zero-order chi connectivity index (χ0) is 24.5. The topological polar surface area (TPSA) is 122 Å². The van der Waals surface area contributed by atoms with E-state index in [0.29, 0.717) is 54.5 Å². The highest BCUT2D eigenvalue weighted by Gasteiger charge is 2.30. The van der Waals surface area contributed by atoms with E-state index in [1.54, 1.807) is 18.0 Å². The van der Waals surface area contributed by atoms with Crippen molar-refractivity contribution in [2.75, 3.05) is 33.3 Å². The molecule has 11 nitrogen and oxygen atoms in total. The average molecular weight is 473 g/mol. The third-order valence-electron chi connectivity index (χ3n) is 6.05. The van der Waals surface area contributed by atoms with Crippen LogP contribution in [0, 0.1) is 6.92 Å². The lowest BCUT2D eigenvalue weighted by Gasteiger charge is -2.36. The van der Waals surface area contributed by atoms with E-state index in [-0.39, 0.29) is 5.56 Å². The third-order valence-corrected chi connectivity index (χ3v) is 6.05. The highest BCUT2D eigenvalue weighted by molar-refractivity contribution is 6.45. The zero-order valence-corrected chi connectivity index (χ0v) is 19.4. The van der Waals surface area contributed by atoms with Crippen LogP contribution in [-0.2, 0) is 4.79 Å². The molecule has 11 heteroatoms. The summed E-state index contributed by atoms with van der Waals surface area (Å²) in [6, 6.07) is 5.66. The Morgan fingerprint density at radius 2 is 1.86 bits per heavy atom. The maximum absolute atomic E-state index is 13.3. The molecule has 1 aliphatic rings. The number of piperazine rings is 1. The highest BCUT2D eigenvalue weighted by atomic mass is 16.5. The first kappa shape index (κ1) is 22.3. The number of carbonyl (C=O) groups is 2. The average Bonchev–Trinajstić information content (AvgIpc) is 3.54. The molecular formula is C24H24N8O3. The van der Waals surface area contributed by atoms with E-state index in [2.05, 4.69) is 36.5 Å². The van der Waals surface area contributed by atoms with Gasteiger partial charge in [0.1, 0.15) is 17.9 Å². The van der Waals surface area contributed by atoms with Crippen LogP contribution < -0.4 is 4.74 Å². The van der Waals surface area contributed by atoms with Crippen molar-refractivity contribution in [3.63, 3.8) is 0 Å². The number of nitrogens with one attached hydrogen (secondary N) is 1. The molecule has 0 aliphatic carbocycles. The number of hydrogen-bond donors (Lipinski definition) is 1. The van der Waals surface area contributed by atoms with Crippen LogP contribution in [0.4, 0.5) is 0 Å². The van der Waals surface area contributed by atoms with Crippen molar-refractivity contribution >= 4 is 28.3 Å². The van der Waals surface area contributed by atoms with E-state index in [4.69, 9.17) is 4.74 Å². The smallest absolute Gasteiger partial charge is 0.295 e. The summed E-state index contributed by atoms with van der Waals surface area (Å²) in [7, 11) is 1.49. The molecule has 0 atom stereocenters. The van der Waals surface area contributed by atoms with Crippen LogP contribution in [0.3, 0.4) is 0 Å². The minimum absolute atomic E-state index is 0.225. The van der Waals surface area contributed by atoms with Gasteiger partial charge < -0.3 is 19.5 Å². The molecule has 5 heterocycles. The molecule has 0 unspecified atom stereocenters. The summed E-state index contributed by atoms with van der Waals surface area (Å²) >= 11 is 0. The summed E-state index contributed by atoms with van der Waals surface area (Å²) in [5, 5.41) is 4.78. The Morgan fingerprint density at radius 1 is 1.09 bits per heavy atom. The fourth-order valence-corrected chi connectivity index (χ4v) is 4.19. The molecule has 1 saturated heterocycles. The minimum atomic E-state index is -0.613. The molecule has 1 amide bonds. The van der Waals surface area contributed by atoms with Gasteiger partial charge >= 0.3 is 0 Å². The van der Waals surface area contributed by atoms with E-state index in [0.717, 1.165) is 11.4 Å². The lowest BCUT2D eigenvalue weighted by molar-refractivity contribution is -0.127. The number of amides is 1. The number of H-pyrrole nitrogens is 1. The van der Waals surface area contributed by atoms with Crippen molar-refractivity contribution < 1.29 is 14.3 Å². The summed E-state index contributed by atoms with van der Waals surface area (Å²) in [6.07, 6.45) is 6.28. The standard InChI is InChI=1S/C24H24N8O3/c1-15(18-6-4-5-7-25-18)30-8-10-31(11-9-30)24(34)22(33)17-12-26-21-20(17)19(35-3)13-27-23(21)32-14-28-16(2)29-32/h4-7,12-14,26H,1,8-11H2,2-3H3. The Labute approximate surface area is 201 Å². The van der Waals surface area contributed by atoms with E-state index in [1.807, 2.05) is 18.2 Å². The molecule has 4 aromatic rings. The number of Topliss-reactive ketones (excluding diaryl/α,β-unsaturated/α-hetero) is 1. The van der Waals surface area contributed by atoms with E-state index in [9.17, 15) is 9.59 Å². The molecular weight excluding hydrogens is 448 g/mol. The van der Waals surface area contributed by atoms with Gasteiger partial charge in [-0.2, -0.15) is 5.10 Å². The normalized spacial score (nSPS) is 13.8. The summed E-state index contributed by atoms with van der Waals surface area (Å²) < 4.78 is 6.96. The number of hydrogen-bond acceptors (Lipinski definition) is 8. The number of aryl methyl sites for hydroxylation is 1. The monoisotopic (exact) mass is 472 g/mol. The van der Waals surface area contributed by atoms with E-state index < -0.39 is 11.7 Å². The highest BCUT2D eigenvalue weighted by Crippen LogP contribution is 2.32. The molecule has 0 radical (unpaired) electrons. The molecule has 35 heavy (non-hydrogen) atoms. The van der Waals surface area contributed by atoms with E-state index >= 15 is 0 Å². The van der Waals surface area contributed by atoms with Gasteiger partial charge in [0.25, 0.3) is 11.7 Å². The number of aromatic nitrogens is 6. The Kier molecular flexibility index (Phi) is 5.73. The molecule has 1 aliphatic heterocycles. The number of methoxy groups -OCH3 is 1. The Balaban J connectivity index is 1.37. The first-order valence-electron chi connectivity index (χ1n) is 11.1. The number of aromatic amines is 1. The molecule has 4 aromatic heterocycles. The van der Waals surface area contributed by atoms with Crippen LogP contribution in [0.5, 0.6) is 5.75 Å². The van der Waals surface area contributed by atoms with Crippen LogP contribution >= 0.6 is 0 Å². The molecule has 0 aromatic carbocycles. The molecule has 0 saturated carbocycles. The van der Waals surface area contributed by atoms with Gasteiger partial charge in [0.05, 0.1) is 41.2 Å². The van der Waals surface area contributed by atoms with Crippen molar-refractivity contribution in [3.05, 3.63) is 66.8 Å². The van der Waals surface area contributed by atoms with Crippen molar-refractivity contribution in [1.29, 1.82) is 0 Å². The van der Waals surface area contributed by atoms with Gasteiger partial charge in [-0.05, 0) is 19.1 Å². The third kappa shape index (κ3) is 4.01. The van der Waals surface area contributed by atoms with Crippen molar-refractivity contribution in [2.45, 2.75) is 6.92 Å². The summed E-state index contributed by atoms with van der Waals surface area (Å²) in [4.78, 5) is 46.1. The van der Waals surface area contributed by atoms with Crippen molar-refractivity contribution in [1.82, 2.24) is 39.5 Å². The fraction of sp³-hybridized carbons (Fsp3) is 0.250. The summed E-state index contributed by atoms with van der Waals surface area (Å²) in [5.41, 5.74) is 2.35. The van der Waals surface area contributed by atoms with Gasteiger partial charge in [-0.25, -0.2) is 14.6 Å². The quantitative estimate of drug-likeness (QED) is 0.333. The van der Waals surface area contributed by atoms with Gasteiger partial charge in [0.15, 0.2) is 5.82 Å². The lowest BCUT2D eigenvalue weighted by atomic mass is 10.1. The van der Waals surface area contributed by atoms with Gasteiger partial charge in [-0.15, -0.1) is 0 Å². The second-order valence-electron chi connectivity index (χ2n) is 8.11. The van der Waals surface area contributed by atoms with Crippen LogP contribution in [0.15, 0.2) is 49.7 Å². The van der Waals surface area contributed by atoms with Crippen LogP contribution in [-0.4, -0.2) is 84.5 Å². The molecule has 5 rings (SSSR count). The molecule has 1 N–H and O–H groups in total. The van der Waals surface area contributed by atoms with Gasteiger partial charge in [-0.3, -0.25) is 14.6 Å². The number of fused-ring (bicyclic) bond motifs is 1. The Bertz CT molecular complexity index is 1420. The SMILES string of the molecule is C=C(c1ccccn1)N1CCN(C(=O)C(=O)c2c[nH]c3c(-n4cnc(C)n4)ncc(OC)c23)CC1. The number of carbonyl (C=O) groups excluding carboxylic acids is 2. The Morgan fingerprint density at radius 3 is 2.51 bits per heavy atom. The Hall–Kier alpha value is -4.54. The molecule has 0 spiro atoms. The van der Waals surface area contributed by atoms with Crippen LogP contribution in [0.1, 0.15) is 21.9 Å². The number of ketones is 1. The molecule has 178 valence electrons. The van der Waals surface area contributed by atoms with Crippen molar-refractivity contribution in [2.24, 2.45) is 0 Å². The number of ether oxygens (including phenoxy) is 1. The minimum Gasteiger partial charge on any atom is -0.494 e. The van der Waals surface area contributed by atoms with Gasteiger partial charge in [-0.1, -0.05) is 12.6 Å². The fourth-order valence-electron chi connectivity index (χ4n) is 4.19. The van der Waals surface area contributed by atoms with Gasteiger partial charge in [0, 0.05) is 38.6 Å². The predicted octanol–water partition coefficient (Wildman–Crippen LogP) is 1.85. The number of pyridine rings is 2. The number of rotatable bonds is 6. The van der Waals surface area contributed by atoms with Crippen LogP contribution in [0.2, 0.25) is 0 Å². The van der Waals surface area contributed by atoms with E-state index in [1.165, 1.54) is 30.5 Å². The van der Waals surface area contributed by atoms with Crippen LogP contribution in [0.25, 0.3) is 22.4 Å². The van der Waals surface area contributed by atoms with Crippen molar-refractivity contribution in [3.8, 4) is 11.6 Å². The first-order chi connectivity index (χ1) is 17.0. The zero-order valence-electron chi connectivity index (χ0n) is 19.4. The largest absolute Gasteiger partial charge is 0.494 e. The maximum Gasteiger partial charge on any atom is 0.295 e. The summed E-state index contributed by atoms with van der Waals surface area (Å²) in [5.74, 6) is 0.243. The van der Waals surface area contributed by atoms with Gasteiger partial charge in [0.2, 0.25) is 0 Å². The maximum atomic E-state index is 13.3.